The van der Waals surface area contributed by atoms with E-state index in [9.17, 15) is 14.0 Å². The van der Waals surface area contributed by atoms with Crippen LogP contribution in [0.4, 0.5) is 9.18 Å². The number of esters is 1. The lowest BCUT2D eigenvalue weighted by molar-refractivity contribution is -0.152. The Morgan fingerprint density at radius 2 is 1.73 bits per heavy atom. The standard InChI is InChI=1S/C23H36FNO5/c1-9-16(10-2)20(18-12-11-17(24)13-19(18)28-8)15(4)29-21(26)14(3)25-22(27)30-23(5,6)7/h11-16,20H,9-10H2,1-8H3,(H,25,27)/t14-,15-,20+/m0/s1. The van der Waals surface area contributed by atoms with Crippen molar-refractivity contribution in [3.63, 3.8) is 0 Å². The van der Waals surface area contributed by atoms with Crippen LogP contribution in [0.2, 0.25) is 0 Å². The van der Waals surface area contributed by atoms with Crippen LogP contribution in [0.25, 0.3) is 0 Å². The van der Waals surface area contributed by atoms with Crippen LogP contribution >= 0.6 is 0 Å². The van der Waals surface area contributed by atoms with Crippen LogP contribution in [0.5, 0.6) is 5.75 Å². The third-order valence-electron chi connectivity index (χ3n) is 5.01. The first-order valence-electron chi connectivity index (χ1n) is 10.5. The summed E-state index contributed by atoms with van der Waals surface area (Å²) in [6, 6.07) is 3.53. The second-order valence-corrected chi connectivity index (χ2v) is 8.50. The quantitative estimate of drug-likeness (QED) is 0.551. The Hall–Kier alpha value is -2.31. The van der Waals surface area contributed by atoms with Gasteiger partial charge in [-0.2, -0.15) is 0 Å². The van der Waals surface area contributed by atoms with Crippen molar-refractivity contribution >= 4 is 12.1 Å². The first kappa shape index (κ1) is 25.7. The minimum absolute atomic E-state index is 0.187. The van der Waals surface area contributed by atoms with E-state index in [1.54, 1.807) is 33.8 Å². The summed E-state index contributed by atoms with van der Waals surface area (Å²) in [5.41, 5.74) is 0.126. The van der Waals surface area contributed by atoms with Crippen molar-refractivity contribution in [1.82, 2.24) is 5.32 Å². The summed E-state index contributed by atoms with van der Waals surface area (Å²) in [5.74, 6) is -0.520. The molecule has 0 saturated heterocycles. The van der Waals surface area contributed by atoms with Crippen LogP contribution in [0, 0.1) is 11.7 Å². The molecule has 0 bridgehead atoms. The van der Waals surface area contributed by atoms with Gasteiger partial charge in [-0.1, -0.05) is 32.8 Å². The highest BCUT2D eigenvalue weighted by Crippen LogP contribution is 2.39. The Balaban J connectivity index is 3.02. The molecule has 1 amide bonds. The molecule has 0 heterocycles. The highest BCUT2D eigenvalue weighted by atomic mass is 19.1. The smallest absolute Gasteiger partial charge is 0.408 e. The zero-order valence-corrected chi connectivity index (χ0v) is 19.4. The summed E-state index contributed by atoms with van der Waals surface area (Å²) in [4.78, 5) is 24.6. The Labute approximate surface area is 179 Å². The molecule has 170 valence electrons. The van der Waals surface area contributed by atoms with E-state index in [-0.39, 0.29) is 11.8 Å². The number of ether oxygens (including phenoxy) is 3. The van der Waals surface area contributed by atoms with Crippen LogP contribution in [-0.2, 0) is 14.3 Å². The van der Waals surface area contributed by atoms with Gasteiger partial charge in [0.1, 0.15) is 29.3 Å². The fourth-order valence-corrected chi connectivity index (χ4v) is 3.55. The van der Waals surface area contributed by atoms with Gasteiger partial charge in [0, 0.05) is 17.5 Å². The van der Waals surface area contributed by atoms with Gasteiger partial charge in [-0.25, -0.2) is 14.0 Å². The summed E-state index contributed by atoms with van der Waals surface area (Å²) < 4.78 is 30.0. The molecule has 0 aliphatic heterocycles. The summed E-state index contributed by atoms with van der Waals surface area (Å²) in [5, 5.41) is 2.50. The Kier molecular flexibility index (Phi) is 9.59. The summed E-state index contributed by atoms with van der Waals surface area (Å²) >= 11 is 0. The molecule has 3 atom stereocenters. The Bertz CT molecular complexity index is 712. The second kappa shape index (κ2) is 11.2. The van der Waals surface area contributed by atoms with Gasteiger partial charge >= 0.3 is 12.1 Å². The van der Waals surface area contributed by atoms with Gasteiger partial charge in [-0.3, -0.25) is 0 Å². The number of hydrogen-bond donors (Lipinski definition) is 1. The predicted octanol–water partition coefficient (Wildman–Crippen LogP) is 5.20. The third-order valence-corrected chi connectivity index (χ3v) is 5.01. The fraction of sp³-hybridized carbons (Fsp3) is 0.652. The number of carbonyl (C=O) groups excluding carboxylic acids is 2. The van der Waals surface area contributed by atoms with Gasteiger partial charge in [0.15, 0.2) is 0 Å². The average Bonchev–Trinajstić information content (AvgIpc) is 2.64. The zero-order valence-electron chi connectivity index (χ0n) is 19.4. The van der Waals surface area contributed by atoms with Crippen molar-refractivity contribution < 1.29 is 28.2 Å². The van der Waals surface area contributed by atoms with Crippen LogP contribution < -0.4 is 10.1 Å². The van der Waals surface area contributed by atoms with Crippen LogP contribution in [0.1, 0.15) is 72.8 Å². The largest absolute Gasteiger partial charge is 0.496 e. The van der Waals surface area contributed by atoms with E-state index in [0.29, 0.717) is 5.75 Å². The van der Waals surface area contributed by atoms with E-state index in [1.165, 1.54) is 19.2 Å². The molecule has 0 radical (unpaired) electrons. The molecule has 0 aliphatic rings. The molecule has 0 fully saturated rings. The molecule has 0 spiro atoms. The zero-order chi connectivity index (χ0) is 23.1. The van der Waals surface area contributed by atoms with Crippen molar-refractivity contribution in [1.29, 1.82) is 0 Å². The maximum atomic E-state index is 13.7. The van der Waals surface area contributed by atoms with E-state index in [4.69, 9.17) is 14.2 Å². The normalized spacial score (nSPS) is 14.6. The molecule has 0 unspecified atom stereocenters. The molecule has 0 aliphatic carbocycles. The van der Waals surface area contributed by atoms with Gasteiger partial charge < -0.3 is 19.5 Å². The molecule has 1 aromatic carbocycles. The first-order chi connectivity index (χ1) is 13.9. The predicted molar refractivity (Wildman–Crippen MR) is 114 cm³/mol. The van der Waals surface area contributed by atoms with Crippen LogP contribution in [0.3, 0.4) is 0 Å². The van der Waals surface area contributed by atoms with E-state index in [2.05, 4.69) is 19.2 Å². The number of rotatable bonds is 9. The van der Waals surface area contributed by atoms with Crippen molar-refractivity contribution in [3.8, 4) is 5.75 Å². The number of hydrogen-bond acceptors (Lipinski definition) is 5. The van der Waals surface area contributed by atoms with Gasteiger partial charge in [-0.15, -0.1) is 0 Å². The van der Waals surface area contributed by atoms with E-state index < -0.39 is 35.6 Å². The molecule has 1 aromatic rings. The van der Waals surface area contributed by atoms with Crippen molar-refractivity contribution in [2.45, 2.75) is 85.0 Å². The molecule has 6 nitrogen and oxygen atoms in total. The number of nitrogens with one attached hydrogen (secondary N) is 1. The monoisotopic (exact) mass is 425 g/mol. The maximum Gasteiger partial charge on any atom is 0.408 e. The molecule has 30 heavy (non-hydrogen) atoms. The maximum absolute atomic E-state index is 13.7. The minimum Gasteiger partial charge on any atom is -0.496 e. The molecular formula is C23H36FNO5. The van der Waals surface area contributed by atoms with Crippen LogP contribution in [0.15, 0.2) is 18.2 Å². The topological polar surface area (TPSA) is 73.9 Å². The number of alkyl carbamates (subject to hydrolysis) is 1. The first-order valence-corrected chi connectivity index (χ1v) is 10.5. The van der Waals surface area contributed by atoms with Crippen molar-refractivity contribution in [3.05, 3.63) is 29.6 Å². The molecular weight excluding hydrogens is 389 g/mol. The summed E-state index contributed by atoms with van der Waals surface area (Å²) in [6.07, 6.45) is 0.519. The highest BCUT2D eigenvalue weighted by Gasteiger charge is 2.33. The van der Waals surface area contributed by atoms with Crippen LogP contribution in [-0.4, -0.2) is 36.9 Å². The molecule has 7 heteroatoms. The number of amides is 1. The lowest BCUT2D eigenvalue weighted by Gasteiger charge is -2.32. The number of carbonyl (C=O) groups is 2. The third kappa shape index (κ3) is 7.50. The summed E-state index contributed by atoms with van der Waals surface area (Å²) in [6.45, 7) is 12.7. The van der Waals surface area contributed by atoms with E-state index in [1.807, 2.05) is 6.92 Å². The SMILES string of the molecule is CCC(CC)[C@H](c1ccc(F)cc1OC)[C@H](C)OC(=O)[C@H](C)NC(=O)OC(C)(C)C. The molecule has 1 rings (SSSR count). The van der Waals surface area contributed by atoms with Gasteiger partial charge in [0.2, 0.25) is 0 Å². The van der Waals surface area contributed by atoms with E-state index in [0.717, 1.165) is 18.4 Å². The average molecular weight is 426 g/mol. The Morgan fingerprint density at radius 3 is 2.23 bits per heavy atom. The molecule has 0 aromatic heterocycles. The number of halogens is 1. The minimum atomic E-state index is -0.875. The number of benzene rings is 1. The van der Waals surface area contributed by atoms with Crippen molar-refractivity contribution in [2.24, 2.45) is 5.92 Å². The summed E-state index contributed by atoms with van der Waals surface area (Å²) in [7, 11) is 1.49. The second-order valence-electron chi connectivity index (χ2n) is 8.50. The van der Waals surface area contributed by atoms with Crippen molar-refractivity contribution in [2.75, 3.05) is 7.11 Å². The Morgan fingerprint density at radius 1 is 1.13 bits per heavy atom. The molecule has 0 saturated carbocycles. The highest BCUT2D eigenvalue weighted by molar-refractivity contribution is 5.81. The van der Waals surface area contributed by atoms with Gasteiger partial charge in [0.05, 0.1) is 7.11 Å². The number of methoxy groups -OCH3 is 1. The van der Waals surface area contributed by atoms with Gasteiger partial charge in [-0.05, 0) is 46.6 Å². The van der Waals surface area contributed by atoms with E-state index >= 15 is 0 Å². The lowest BCUT2D eigenvalue weighted by atomic mass is 9.79. The van der Waals surface area contributed by atoms with Gasteiger partial charge in [0.25, 0.3) is 0 Å². The molecule has 1 N–H and O–H groups in total. The lowest BCUT2D eigenvalue weighted by Crippen LogP contribution is -2.44. The fourth-order valence-electron chi connectivity index (χ4n) is 3.55.